The first-order chi connectivity index (χ1) is 13.9. The molecule has 0 aliphatic heterocycles. The zero-order valence-corrected chi connectivity index (χ0v) is 15.2. The summed E-state index contributed by atoms with van der Waals surface area (Å²) in [4.78, 5) is 22.8. The van der Waals surface area contributed by atoms with Crippen LogP contribution in [0, 0.1) is 21.4 Å². The molecule has 0 heterocycles. The number of phenolic OH excluding ortho intramolecular Hbond substituents is 1. The largest absolute Gasteiger partial charge is 0.500 e. The molecule has 0 spiro atoms. The van der Waals surface area contributed by atoms with Crippen molar-refractivity contribution in [2.45, 2.75) is 0 Å². The van der Waals surface area contributed by atoms with Crippen molar-refractivity contribution in [3.05, 3.63) is 75.8 Å². The maximum Gasteiger partial charge on any atom is 0.315 e. The van der Waals surface area contributed by atoms with Gasteiger partial charge in [0.1, 0.15) is 11.6 Å². The second kappa shape index (κ2) is 8.10. The number of methoxy groups -OCH3 is 1. The molecule has 0 aromatic heterocycles. The van der Waals surface area contributed by atoms with Crippen LogP contribution in [0.5, 0.6) is 11.5 Å². The SMILES string of the molecule is COc1cc(/C=C(\C#N)C(=O)Nc2ccc3ccccc3c2)cc([N+](=O)[O-])c1O. The molecular weight excluding hydrogens is 374 g/mol. The normalized spacial score (nSPS) is 11.0. The van der Waals surface area contributed by atoms with Gasteiger partial charge in [-0.1, -0.05) is 30.3 Å². The Morgan fingerprint density at radius 1 is 1.21 bits per heavy atom. The zero-order valence-electron chi connectivity index (χ0n) is 15.2. The molecule has 0 bridgehead atoms. The zero-order chi connectivity index (χ0) is 21.0. The molecule has 0 unspecified atom stereocenters. The summed E-state index contributed by atoms with van der Waals surface area (Å²) in [7, 11) is 1.24. The number of amides is 1. The molecule has 2 N–H and O–H groups in total. The predicted molar refractivity (Wildman–Crippen MR) is 107 cm³/mol. The molecule has 1 amide bonds. The van der Waals surface area contributed by atoms with E-state index in [4.69, 9.17) is 4.74 Å². The van der Waals surface area contributed by atoms with Crippen LogP contribution in [0.2, 0.25) is 0 Å². The summed E-state index contributed by atoms with van der Waals surface area (Å²) < 4.78 is 4.92. The highest BCUT2D eigenvalue weighted by Gasteiger charge is 2.20. The number of phenols is 1. The highest BCUT2D eigenvalue weighted by molar-refractivity contribution is 6.10. The summed E-state index contributed by atoms with van der Waals surface area (Å²) in [5.74, 6) is -1.44. The van der Waals surface area contributed by atoms with Crippen molar-refractivity contribution in [1.29, 1.82) is 5.26 Å². The summed E-state index contributed by atoms with van der Waals surface area (Å²) in [5.41, 5.74) is -0.191. The van der Waals surface area contributed by atoms with Crippen molar-refractivity contribution in [3.63, 3.8) is 0 Å². The van der Waals surface area contributed by atoms with Gasteiger partial charge in [0.15, 0.2) is 5.75 Å². The Balaban J connectivity index is 1.92. The van der Waals surface area contributed by atoms with Crippen LogP contribution in [-0.2, 0) is 4.79 Å². The molecule has 3 aromatic rings. The van der Waals surface area contributed by atoms with Crippen molar-refractivity contribution in [3.8, 4) is 17.6 Å². The number of nitro benzene ring substituents is 1. The number of carbonyl (C=O) groups is 1. The Hall–Kier alpha value is -4.38. The van der Waals surface area contributed by atoms with Crippen LogP contribution < -0.4 is 10.1 Å². The molecule has 0 aliphatic rings. The average molecular weight is 389 g/mol. The summed E-state index contributed by atoms with van der Waals surface area (Å²) in [6, 6.07) is 17.1. The Morgan fingerprint density at radius 2 is 1.93 bits per heavy atom. The lowest BCUT2D eigenvalue weighted by molar-refractivity contribution is -0.386. The fourth-order valence-corrected chi connectivity index (χ4v) is 2.77. The molecule has 0 saturated carbocycles. The average Bonchev–Trinajstić information content (AvgIpc) is 2.72. The predicted octanol–water partition coefficient (Wildman–Crippen LogP) is 4.01. The number of ether oxygens (including phenoxy) is 1. The van der Waals surface area contributed by atoms with Crippen LogP contribution in [0.15, 0.2) is 60.2 Å². The number of benzene rings is 3. The van der Waals surface area contributed by atoms with Gasteiger partial charge in [-0.2, -0.15) is 5.26 Å². The van der Waals surface area contributed by atoms with Gasteiger partial charge in [-0.25, -0.2) is 0 Å². The number of anilines is 1. The molecule has 0 aliphatic carbocycles. The molecule has 0 fully saturated rings. The van der Waals surface area contributed by atoms with Crippen LogP contribution in [0.25, 0.3) is 16.8 Å². The fraction of sp³-hybridized carbons (Fsp3) is 0.0476. The van der Waals surface area contributed by atoms with Crippen LogP contribution in [0.4, 0.5) is 11.4 Å². The molecule has 0 radical (unpaired) electrons. The minimum atomic E-state index is -0.781. The van der Waals surface area contributed by atoms with Gasteiger partial charge in [0.25, 0.3) is 5.91 Å². The molecule has 3 aromatic carbocycles. The summed E-state index contributed by atoms with van der Waals surface area (Å²) in [5, 5.41) is 34.9. The van der Waals surface area contributed by atoms with E-state index in [-0.39, 0.29) is 16.9 Å². The second-order valence-corrected chi connectivity index (χ2v) is 6.03. The summed E-state index contributed by atoms with van der Waals surface area (Å²) >= 11 is 0. The number of aromatic hydroxyl groups is 1. The van der Waals surface area contributed by atoms with E-state index in [1.54, 1.807) is 18.2 Å². The van der Waals surface area contributed by atoms with Crippen LogP contribution in [0.3, 0.4) is 0 Å². The van der Waals surface area contributed by atoms with Crippen molar-refractivity contribution in [2.24, 2.45) is 0 Å². The smallest absolute Gasteiger partial charge is 0.315 e. The van der Waals surface area contributed by atoms with Gasteiger partial charge in [0, 0.05) is 11.8 Å². The first-order valence-corrected chi connectivity index (χ1v) is 8.40. The number of nitro groups is 1. The van der Waals surface area contributed by atoms with Gasteiger partial charge in [-0.15, -0.1) is 0 Å². The summed E-state index contributed by atoms with van der Waals surface area (Å²) in [6.45, 7) is 0. The van der Waals surface area contributed by atoms with Crippen LogP contribution in [0.1, 0.15) is 5.56 Å². The second-order valence-electron chi connectivity index (χ2n) is 6.03. The van der Waals surface area contributed by atoms with E-state index < -0.39 is 22.3 Å². The minimum Gasteiger partial charge on any atom is -0.500 e. The van der Waals surface area contributed by atoms with Crippen LogP contribution >= 0.6 is 0 Å². The first-order valence-electron chi connectivity index (χ1n) is 8.40. The van der Waals surface area contributed by atoms with E-state index in [1.165, 1.54) is 19.3 Å². The van der Waals surface area contributed by atoms with Gasteiger partial charge in [-0.05, 0) is 40.6 Å². The van der Waals surface area contributed by atoms with Gasteiger partial charge in [0.2, 0.25) is 5.75 Å². The van der Waals surface area contributed by atoms with E-state index >= 15 is 0 Å². The monoisotopic (exact) mass is 389 g/mol. The number of hydrogen-bond donors (Lipinski definition) is 2. The third-order valence-electron chi connectivity index (χ3n) is 4.18. The maximum atomic E-state index is 12.5. The van der Waals surface area contributed by atoms with Gasteiger partial charge < -0.3 is 15.2 Å². The van der Waals surface area contributed by atoms with E-state index in [0.29, 0.717) is 5.69 Å². The molecular formula is C21H15N3O5. The van der Waals surface area contributed by atoms with Crippen molar-refractivity contribution >= 4 is 34.1 Å². The number of nitrogens with one attached hydrogen (secondary N) is 1. The number of nitriles is 1. The molecule has 8 nitrogen and oxygen atoms in total. The number of nitrogens with zero attached hydrogens (tertiary/aromatic N) is 2. The number of carbonyl (C=O) groups excluding carboxylic acids is 1. The molecule has 3 rings (SSSR count). The quantitative estimate of drug-likeness (QED) is 0.294. The number of hydrogen-bond acceptors (Lipinski definition) is 6. The van der Waals surface area contributed by atoms with Crippen molar-refractivity contribution in [2.75, 3.05) is 12.4 Å². The van der Waals surface area contributed by atoms with Gasteiger partial charge >= 0.3 is 5.69 Å². The fourth-order valence-electron chi connectivity index (χ4n) is 2.77. The van der Waals surface area contributed by atoms with E-state index in [0.717, 1.165) is 16.8 Å². The standard InChI is InChI=1S/C21H15N3O5/c1-29-19-10-13(9-18(20(19)25)24(27)28)8-16(12-22)21(26)23-17-7-6-14-4-2-3-5-15(14)11-17/h2-11,25H,1H3,(H,23,26)/b16-8+. The Labute approximate surface area is 165 Å². The highest BCUT2D eigenvalue weighted by atomic mass is 16.6. The van der Waals surface area contributed by atoms with E-state index in [1.807, 2.05) is 30.3 Å². The van der Waals surface area contributed by atoms with Crippen molar-refractivity contribution < 1.29 is 19.6 Å². The minimum absolute atomic E-state index is 0.141. The van der Waals surface area contributed by atoms with Crippen molar-refractivity contribution in [1.82, 2.24) is 0 Å². The lowest BCUT2D eigenvalue weighted by atomic mass is 10.1. The Morgan fingerprint density at radius 3 is 2.59 bits per heavy atom. The van der Waals surface area contributed by atoms with Gasteiger partial charge in [-0.3, -0.25) is 14.9 Å². The third-order valence-corrected chi connectivity index (χ3v) is 4.18. The van der Waals surface area contributed by atoms with E-state index in [9.17, 15) is 25.3 Å². The molecule has 144 valence electrons. The topological polar surface area (TPSA) is 125 Å². The lowest BCUT2D eigenvalue weighted by Crippen LogP contribution is -2.13. The first kappa shape index (κ1) is 19.4. The van der Waals surface area contributed by atoms with Crippen LogP contribution in [-0.4, -0.2) is 23.0 Å². The molecule has 0 atom stereocenters. The molecule has 0 saturated heterocycles. The highest BCUT2D eigenvalue weighted by Crippen LogP contribution is 2.37. The molecule has 29 heavy (non-hydrogen) atoms. The van der Waals surface area contributed by atoms with E-state index in [2.05, 4.69) is 5.32 Å². The summed E-state index contributed by atoms with van der Waals surface area (Å²) in [6.07, 6.45) is 1.19. The Kier molecular flexibility index (Phi) is 5.42. The number of fused-ring (bicyclic) bond motifs is 1. The number of rotatable bonds is 5. The molecule has 8 heteroatoms. The Bertz CT molecular complexity index is 1190. The lowest BCUT2D eigenvalue weighted by Gasteiger charge is -2.07. The van der Waals surface area contributed by atoms with Gasteiger partial charge in [0.05, 0.1) is 12.0 Å². The maximum absolute atomic E-state index is 12.5. The third kappa shape index (κ3) is 4.14.